The average Bonchev–Trinajstić information content (AvgIpc) is 4.08. The van der Waals surface area contributed by atoms with E-state index in [0.29, 0.717) is 13.1 Å². The van der Waals surface area contributed by atoms with E-state index in [4.69, 9.17) is 9.72 Å². The summed E-state index contributed by atoms with van der Waals surface area (Å²) in [5.41, 5.74) is 6.28. The largest absolute Gasteiger partial charge is 0.453 e. The molecule has 2 aliphatic rings. The highest BCUT2D eigenvalue weighted by atomic mass is 16.5. The van der Waals surface area contributed by atoms with Crippen molar-refractivity contribution >= 4 is 23.6 Å². The summed E-state index contributed by atoms with van der Waals surface area (Å²) < 4.78 is 4.75. The summed E-state index contributed by atoms with van der Waals surface area (Å²) in [6, 6.07) is 18.5. The molecule has 0 radical (unpaired) electrons. The van der Waals surface area contributed by atoms with Gasteiger partial charge < -0.3 is 35.1 Å². The van der Waals surface area contributed by atoms with Crippen LogP contribution in [0.25, 0.3) is 22.5 Å². The van der Waals surface area contributed by atoms with Crippen molar-refractivity contribution in [3.05, 3.63) is 108 Å². The summed E-state index contributed by atoms with van der Waals surface area (Å²) in [7, 11) is 1.29. The molecule has 0 saturated carbocycles. The second-order valence-corrected chi connectivity index (χ2v) is 15.6. The van der Waals surface area contributed by atoms with Gasteiger partial charge in [-0.3, -0.25) is 14.6 Å². The first-order chi connectivity index (χ1) is 28.1. The number of imidazole rings is 2. The van der Waals surface area contributed by atoms with Crippen molar-refractivity contribution < 1.29 is 19.1 Å². The summed E-state index contributed by atoms with van der Waals surface area (Å²) >= 11 is 0. The van der Waals surface area contributed by atoms with Crippen LogP contribution in [0.3, 0.4) is 0 Å². The molecule has 0 bridgehead atoms. The van der Waals surface area contributed by atoms with Crippen LogP contribution in [0.2, 0.25) is 0 Å². The topological polar surface area (TPSA) is 161 Å². The fourth-order valence-corrected chi connectivity index (χ4v) is 7.74. The third kappa shape index (κ3) is 8.91. The van der Waals surface area contributed by atoms with Crippen LogP contribution in [-0.2, 0) is 14.3 Å². The van der Waals surface area contributed by atoms with E-state index in [-0.39, 0.29) is 41.8 Å². The van der Waals surface area contributed by atoms with Crippen molar-refractivity contribution in [3.8, 4) is 34.4 Å². The second kappa shape index (κ2) is 17.8. The van der Waals surface area contributed by atoms with E-state index < -0.39 is 12.1 Å². The van der Waals surface area contributed by atoms with Crippen LogP contribution >= 0.6 is 0 Å². The molecule has 58 heavy (non-hydrogen) atoms. The van der Waals surface area contributed by atoms with E-state index in [1.807, 2.05) is 85.6 Å². The lowest BCUT2D eigenvalue weighted by molar-refractivity contribution is -0.135. The minimum Gasteiger partial charge on any atom is -0.453 e. The molecule has 13 heteroatoms. The van der Waals surface area contributed by atoms with Crippen LogP contribution in [0.4, 0.5) is 10.5 Å². The number of aromatic nitrogens is 5. The van der Waals surface area contributed by atoms with Gasteiger partial charge in [-0.25, -0.2) is 14.8 Å². The van der Waals surface area contributed by atoms with Gasteiger partial charge in [0.25, 0.3) is 0 Å². The highest BCUT2D eigenvalue weighted by molar-refractivity contribution is 5.87. The highest BCUT2D eigenvalue weighted by Gasteiger charge is 2.38. The molecule has 300 valence electrons. The van der Waals surface area contributed by atoms with Crippen LogP contribution in [0.15, 0.2) is 85.5 Å². The van der Waals surface area contributed by atoms with Gasteiger partial charge in [0.2, 0.25) is 11.8 Å². The zero-order chi connectivity index (χ0) is 40.8. The minimum absolute atomic E-state index is 0.0705. The molecule has 5 heterocycles. The lowest BCUT2D eigenvalue weighted by Crippen LogP contribution is -2.51. The number of hydrogen-bond acceptors (Lipinski definition) is 8. The lowest BCUT2D eigenvalue weighted by Gasteiger charge is -2.30. The fourth-order valence-electron chi connectivity index (χ4n) is 7.74. The number of H-pyrrole nitrogens is 2. The van der Waals surface area contributed by atoms with Gasteiger partial charge in [-0.15, -0.1) is 0 Å². The molecule has 5 aromatic rings. The van der Waals surface area contributed by atoms with E-state index in [9.17, 15) is 14.4 Å². The van der Waals surface area contributed by atoms with Gasteiger partial charge >= 0.3 is 6.09 Å². The Morgan fingerprint density at radius 3 is 1.67 bits per heavy atom. The van der Waals surface area contributed by atoms with Gasteiger partial charge in [-0.2, -0.15) is 0 Å². The number of amides is 3. The molecule has 4 atom stereocenters. The molecule has 2 fully saturated rings. The van der Waals surface area contributed by atoms with Crippen molar-refractivity contribution in [2.24, 2.45) is 11.8 Å². The zero-order valence-corrected chi connectivity index (χ0v) is 33.7. The number of alkyl carbamates (subject to hydrolysis) is 1. The molecule has 2 saturated heterocycles. The van der Waals surface area contributed by atoms with Gasteiger partial charge in [0.05, 0.1) is 48.7 Å². The molecule has 7 rings (SSSR count). The van der Waals surface area contributed by atoms with E-state index in [1.165, 1.54) is 7.11 Å². The normalized spacial score (nSPS) is 17.5. The molecular formula is C45H51N9O4. The Balaban J connectivity index is 0.969. The van der Waals surface area contributed by atoms with Crippen LogP contribution in [0.5, 0.6) is 0 Å². The van der Waals surface area contributed by atoms with Crippen LogP contribution in [0.1, 0.15) is 88.2 Å². The van der Waals surface area contributed by atoms with Crippen LogP contribution < -0.4 is 10.6 Å². The Labute approximate surface area is 339 Å². The van der Waals surface area contributed by atoms with E-state index in [0.717, 1.165) is 76.7 Å². The third-order valence-electron chi connectivity index (χ3n) is 10.9. The maximum atomic E-state index is 13.8. The van der Waals surface area contributed by atoms with Gasteiger partial charge in [-0.1, -0.05) is 63.8 Å². The minimum atomic E-state index is -0.684. The third-order valence-corrected chi connectivity index (χ3v) is 10.9. The summed E-state index contributed by atoms with van der Waals surface area (Å²) in [6.45, 7) is 9.21. The molecule has 4 unspecified atom stereocenters. The molecule has 2 aliphatic heterocycles. The number of pyridine rings is 1. The monoisotopic (exact) mass is 781 g/mol. The number of aromatic amines is 2. The average molecular weight is 782 g/mol. The number of methoxy groups -OCH3 is 1. The number of carbonyl (C=O) groups excluding carboxylic acids is 3. The lowest BCUT2D eigenvalue weighted by atomic mass is 10.0. The Morgan fingerprint density at radius 2 is 1.22 bits per heavy atom. The Kier molecular flexibility index (Phi) is 12.2. The predicted molar refractivity (Wildman–Crippen MR) is 222 cm³/mol. The first-order valence-corrected chi connectivity index (χ1v) is 20.0. The number of anilines is 1. The maximum Gasteiger partial charge on any atom is 0.407 e. The van der Waals surface area contributed by atoms with Crippen molar-refractivity contribution in [1.82, 2.24) is 40.0 Å². The molecule has 13 nitrogen and oxygen atoms in total. The number of ether oxygens (including phenoxy) is 1. The molecular weight excluding hydrogens is 731 g/mol. The molecule has 0 spiro atoms. The van der Waals surface area contributed by atoms with Crippen molar-refractivity contribution in [1.29, 1.82) is 0 Å². The summed E-state index contributed by atoms with van der Waals surface area (Å²) in [5.74, 6) is 7.98. The van der Waals surface area contributed by atoms with Crippen molar-refractivity contribution in [2.75, 3.05) is 25.5 Å². The number of carbonyl (C=O) groups is 3. The van der Waals surface area contributed by atoms with E-state index in [2.05, 4.69) is 56.3 Å². The first-order valence-electron chi connectivity index (χ1n) is 20.0. The fraction of sp³-hybridized carbons (Fsp3) is 0.378. The number of rotatable bonds is 11. The number of nitrogens with zero attached hydrogens (tertiary/aromatic N) is 5. The Morgan fingerprint density at radius 1 is 0.724 bits per heavy atom. The molecule has 3 aromatic heterocycles. The highest BCUT2D eigenvalue weighted by Crippen LogP contribution is 2.34. The maximum absolute atomic E-state index is 13.8. The van der Waals surface area contributed by atoms with Gasteiger partial charge in [0.1, 0.15) is 23.7 Å². The molecule has 3 amide bonds. The predicted octanol–water partition coefficient (Wildman–Crippen LogP) is 7.11. The van der Waals surface area contributed by atoms with Crippen molar-refractivity contribution in [3.63, 3.8) is 0 Å². The molecule has 2 aromatic carbocycles. The van der Waals surface area contributed by atoms with Gasteiger partial charge in [0, 0.05) is 36.6 Å². The summed E-state index contributed by atoms with van der Waals surface area (Å²) in [6.07, 6.45) is 9.89. The molecule has 4 N–H and O–H groups in total. The zero-order valence-electron chi connectivity index (χ0n) is 33.7. The number of likely N-dealkylation sites (tertiary alicyclic amines) is 2. The quantitative estimate of drug-likeness (QED) is 0.103. The van der Waals surface area contributed by atoms with E-state index >= 15 is 0 Å². The number of benzene rings is 2. The summed E-state index contributed by atoms with van der Waals surface area (Å²) in [5, 5.41) is 6.09. The SMILES string of the molecule is COC(=O)NC(C(=O)N1CCCC1c1ncc(-c2ccc(C#Cc3ccc(-c4cnc(C5CCCN5C(=O)C(Nc5cccnc5)C(C)C)[nH]4)cc3)cc2)[nH]1)C(C)C. The smallest absolute Gasteiger partial charge is 0.407 e. The van der Waals surface area contributed by atoms with Crippen molar-refractivity contribution in [2.45, 2.75) is 77.5 Å². The number of nitrogens with one attached hydrogen (secondary N) is 4. The van der Waals surface area contributed by atoms with Crippen LogP contribution in [0, 0.1) is 23.7 Å². The summed E-state index contributed by atoms with van der Waals surface area (Å²) in [4.78, 5) is 63.5. The molecule has 0 aliphatic carbocycles. The first kappa shape index (κ1) is 39.8. The Hall–Kier alpha value is -6.42. The van der Waals surface area contributed by atoms with Gasteiger partial charge in [0.15, 0.2) is 0 Å². The standard InChI is InChI=1S/C45H51N9O4/c1-28(2)39(49-34-9-6-22-46-25-34)43(55)53-23-7-10-37(53)41-47-26-35(50-41)32-18-14-30(15-19-32)12-13-31-16-20-33(21-17-31)36-27-48-42(51-36)38-11-8-24-54(38)44(56)40(29(3)4)52-45(57)58-5/h6,9,14-22,25-29,37-40,49H,7-8,10-11,23-24H2,1-5H3,(H,47,50)(H,48,51)(H,52,57). The van der Waals surface area contributed by atoms with E-state index in [1.54, 1.807) is 23.5 Å². The van der Waals surface area contributed by atoms with Crippen LogP contribution in [-0.4, -0.2) is 84.9 Å². The second-order valence-electron chi connectivity index (χ2n) is 15.6. The number of hydrogen-bond donors (Lipinski definition) is 4. The van der Waals surface area contributed by atoms with Gasteiger partial charge in [-0.05, 0) is 85.0 Å². The Bertz CT molecular complexity index is 2250.